The van der Waals surface area contributed by atoms with Crippen molar-refractivity contribution >= 4 is 5.69 Å². The number of nitrogens with one attached hydrogen (secondary N) is 1. The normalized spacial score (nSPS) is 23.4. The lowest BCUT2D eigenvalue weighted by molar-refractivity contribution is -0.00526. The predicted molar refractivity (Wildman–Crippen MR) is 98.6 cm³/mol. The first-order valence-corrected chi connectivity index (χ1v) is 8.91. The number of benzene rings is 1. The van der Waals surface area contributed by atoms with Gasteiger partial charge in [-0.05, 0) is 44.5 Å². The van der Waals surface area contributed by atoms with E-state index in [1.807, 2.05) is 0 Å². The second-order valence-electron chi connectivity index (χ2n) is 7.15. The number of furan rings is 1. The van der Waals surface area contributed by atoms with Gasteiger partial charge in [-0.25, -0.2) is 0 Å². The van der Waals surface area contributed by atoms with E-state index in [0.29, 0.717) is 18.8 Å². The number of hydrogen-bond acceptors (Lipinski definition) is 5. The van der Waals surface area contributed by atoms with E-state index in [0.717, 1.165) is 13.1 Å². The van der Waals surface area contributed by atoms with Crippen molar-refractivity contribution in [1.29, 1.82) is 0 Å². The Bertz CT molecular complexity index is 659. The van der Waals surface area contributed by atoms with E-state index in [9.17, 15) is 5.11 Å². The first kappa shape index (κ1) is 18.0. The molecule has 0 amide bonds. The number of para-hydroxylation sites is 1. The molecule has 1 aromatic carbocycles. The number of morpholine rings is 1. The average molecular weight is 344 g/mol. The molecule has 2 heterocycles. The fourth-order valence-corrected chi connectivity index (χ4v) is 3.46. The number of nitrogens with zero attached hydrogens (tertiary/aromatic N) is 1. The van der Waals surface area contributed by atoms with E-state index >= 15 is 0 Å². The topological polar surface area (TPSA) is 57.9 Å². The number of aliphatic hydroxyl groups is 1. The maximum absolute atomic E-state index is 10.6. The molecule has 2 N–H and O–H groups in total. The smallest absolute Gasteiger partial charge is 0.136 e. The van der Waals surface area contributed by atoms with Gasteiger partial charge in [0, 0.05) is 31.9 Å². The molecular weight excluding hydrogens is 316 g/mol. The molecule has 0 aliphatic carbocycles. The Kier molecular flexibility index (Phi) is 5.47. The summed E-state index contributed by atoms with van der Waals surface area (Å²) in [5, 5.41) is 13.9. The van der Waals surface area contributed by atoms with Gasteiger partial charge in [-0.1, -0.05) is 18.2 Å². The summed E-state index contributed by atoms with van der Waals surface area (Å²) in [7, 11) is 0. The molecular formula is C20H28N2O3. The van der Waals surface area contributed by atoms with Crippen LogP contribution in [0.25, 0.3) is 0 Å². The summed E-state index contributed by atoms with van der Waals surface area (Å²) in [6.07, 6.45) is 2.04. The van der Waals surface area contributed by atoms with Gasteiger partial charge in [0.1, 0.15) is 11.4 Å². The number of anilines is 1. The van der Waals surface area contributed by atoms with Crippen molar-refractivity contribution in [3.63, 3.8) is 0 Å². The molecule has 1 aliphatic heterocycles. The van der Waals surface area contributed by atoms with Crippen molar-refractivity contribution in [1.82, 2.24) is 5.32 Å². The van der Waals surface area contributed by atoms with Crippen molar-refractivity contribution in [2.45, 2.75) is 45.1 Å². The van der Waals surface area contributed by atoms with Gasteiger partial charge in [0.25, 0.3) is 0 Å². The van der Waals surface area contributed by atoms with Gasteiger partial charge in [-0.15, -0.1) is 0 Å². The van der Waals surface area contributed by atoms with Crippen LogP contribution in [0.5, 0.6) is 0 Å². The molecule has 1 aliphatic rings. The third-order valence-corrected chi connectivity index (χ3v) is 4.59. The van der Waals surface area contributed by atoms with Gasteiger partial charge in [0.15, 0.2) is 0 Å². The van der Waals surface area contributed by atoms with Crippen molar-refractivity contribution in [3.8, 4) is 0 Å². The van der Waals surface area contributed by atoms with E-state index < -0.39 is 5.60 Å². The van der Waals surface area contributed by atoms with Gasteiger partial charge in [-0.3, -0.25) is 0 Å². The quantitative estimate of drug-likeness (QED) is 0.844. The Hall–Kier alpha value is -1.82. The summed E-state index contributed by atoms with van der Waals surface area (Å²) in [5.74, 6) is 0.573. The monoisotopic (exact) mass is 344 g/mol. The van der Waals surface area contributed by atoms with Gasteiger partial charge in [-0.2, -0.15) is 0 Å². The van der Waals surface area contributed by atoms with E-state index in [2.05, 4.69) is 48.3 Å². The molecule has 25 heavy (non-hydrogen) atoms. The molecule has 0 bridgehead atoms. The summed E-state index contributed by atoms with van der Waals surface area (Å²) in [5.41, 5.74) is 1.43. The molecule has 0 saturated carbocycles. The lowest BCUT2D eigenvalue weighted by Gasteiger charge is -2.38. The van der Waals surface area contributed by atoms with E-state index in [4.69, 9.17) is 9.15 Å². The fraction of sp³-hybridized carbons (Fsp3) is 0.500. The van der Waals surface area contributed by atoms with Crippen molar-refractivity contribution in [3.05, 3.63) is 54.0 Å². The molecule has 3 unspecified atom stereocenters. The molecule has 1 saturated heterocycles. The standard InChI is InChI=1S/C20H28N2O3/c1-15-12-22(13-16(2)25-15)18-8-5-4-7-17(18)11-21-14-20(3,23)19-9-6-10-24-19/h4-10,15-16,21,23H,11-14H2,1-3H3. The maximum Gasteiger partial charge on any atom is 0.136 e. The molecule has 2 aromatic rings. The van der Waals surface area contributed by atoms with Crippen LogP contribution in [0.4, 0.5) is 5.69 Å². The van der Waals surface area contributed by atoms with Crippen LogP contribution in [0, 0.1) is 0 Å². The van der Waals surface area contributed by atoms with Crippen LogP contribution in [0.1, 0.15) is 32.1 Å². The van der Waals surface area contributed by atoms with Crippen LogP contribution < -0.4 is 10.2 Å². The Morgan fingerprint density at radius 1 is 1.16 bits per heavy atom. The van der Waals surface area contributed by atoms with E-state index in [1.165, 1.54) is 11.3 Å². The lowest BCUT2D eigenvalue weighted by Crippen LogP contribution is -2.46. The SMILES string of the molecule is CC1CN(c2ccccc2CNCC(C)(O)c2ccco2)CC(C)O1. The summed E-state index contributed by atoms with van der Waals surface area (Å²) >= 11 is 0. The minimum atomic E-state index is -1.03. The van der Waals surface area contributed by atoms with Gasteiger partial charge in [0.05, 0.1) is 18.5 Å². The van der Waals surface area contributed by atoms with Crippen LogP contribution in [-0.2, 0) is 16.9 Å². The molecule has 3 rings (SSSR count). The zero-order valence-corrected chi connectivity index (χ0v) is 15.2. The Labute approximate surface area is 149 Å². The molecule has 3 atom stereocenters. The fourth-order valence-electron chi connectivity index (χ4n) is 3.46. The molecule has 5 nitrogen and oxygen atoms in total. The highest BCUT2D eigenvalue weighted by molar-refractivity contribution is 5.54. The highest BCUT2D eigenvalue weighted by Gasteiger charge is 2.26. The largest absolute Gasteiger partial charge is 0.466 e. The van der Waals surface area contributed by atoms with Crippen LogP contribution >= 0.6 is 0 Å². The van der Waals surface area contributed by atoms with E-state index in [-0.39, 0.29) is 12.2 Å². The Morgan fingerprint density at radius 3 is 2.56 bits per heavy atom. The van der Waals surface area contributed by atoms with Crippen molar-refractivity contribution < 1.29 is 14.3 Å². The molecule has 136 valence electrons. The highest BCUT2D eigenvalue weighted by atomic mass is 16.5. The number of rotatable bonds is 6. The third kappa shape index (κ3) is 4.42. The molecule has 0 spiro atoms. The molecule has 5 heteroatoms. The highest BCUT2D eigenvalue weighted by Crippen LogP contribution is 2.25. The first-order valence-electron chi connectivity index (χ1n) is 8.91. The molecule has 0 radical (unpaired) electrons. The van der Waals surface area contributed by atoms with Gasteiger partial charge in [0.2, 0.25) is 0 Å². The van der Waals surface area contributed by atoms with Crippen molar-refractivity contribution in [2.24, 2.45) is 0 Å². The molecule has 1 fully saturated rings. The van der Waals surface area contributed by atoms with Crippen molar-refractivity contribution in [2.75, 3.05) is 24.5 Å². The van der Waals surface area contributed by atoms with Crippen LogP contribution in [0.2, 0.25) is 0 Å². The summed E-state index contributed by atoms with van der Waals surface area (Å²) in [6.45, 7) is 8.89. The minimum Gasteiger partial charge on any atom is -0.466 e. The average Bonchev–Trinajstić information content (AvgIpc) is 3.09. The summed E-state index contributed by atoms with van der Waals surface area (Å²) in [4.78, 5) is 2.39. The number of hydrogen-bond donors (Lipinski definition) is 2. The maximum atomic E-state index is 10.6. The van der Waals surface area contributed by atoms with Crippen LogP contribution in [0.3, 0.4) is 0 Å². The van der Waals surface area contributed by atoms with Crippen LogP contribution in [-0.4, -0.2) is 36.9 Å². The molecule has 1 aromatic heterocycles. The minimum absolute atomic E-state index is 0.226. The van der Waals surface area contributed by atoms with Gasteiger partial charge < -0.3 is 24.5 Å². The van der Waals surface area contributed by atoms with Crippen LogP contribution in [0.15, 0.2) is 47.1 Å². The first-order chi connectivity index (χ1) is 12.0. The second kappa shape index (κ2) is 7.60. The zero-order chi connectivity index (χ0) is 17.9. The Morgan fingerprint density at radius 2 is 1.88 bits per heavy atom. The second-order valence-corrected chi connectivity index (χ2v) is 7.15. The zero-order valence-electron chi connectivity index (χ0n) is 15.2. The summed E-state index contributed by atoms with van der Waals surface area (Å²) in [6, 6.07) is 12.0. The third-order valence-electron chi connectivity index (χ3n) is 4.59. The van der Waals surface area contributed by atoms with E-state index in [1.54, 1.807) is 25.3 Å². The Balaban J connectivity index is 1.65. The summed E-state index contributed by atoms with van der Waals surface area (Å²) < 4.78 is 11.2. The van der Waals surface area contributed by atoms with Gasteiger partial charge >= 0.3 is 0 Å². The lowest BCUT2D eigenvalue weighted by atomic mass is 10.0. The predicted octanol–water partition coefficient (Wildman–Crippen LogP) is 2.89. The number of ether oxygens (including phenoxy) is 1.